The van der Waals surface area contributed by atoms with E-state index in [0.29, 0.717) is 131 Å². The summed E-state index contributed by atoms with van der Waals surface area (Å²) >= 11 is 0. The maximum absolute atomic E-state index is 15.3. The van der Waals surface area contributed by atoms with E-state index in [9.17, 15) is 58.5 Å². The molecule has 5 amide bonds. The maximum atomic E-state index is 15.3. The van der Waals surface area contributed by atoms with Gasteiger partial charge in [0.2, 0.25) is 17.8 Å². The molecule has 2 aliphatic carbocycles. The molecule has 2 saturated heterocycles. The van der Waals surface area contributed by atoms with Crippen LogP contribution in [0, 0.1) is 29.1 Å². The smallest absolute Gasteiger partial charge is 0.426 e. The lowest BCUT2D eigenvalue weighted by molar-refractivity contribution is -0.223. The summed E-state index contributed by atoms with van der Waals surface area (Å²) in [6.07, 6.45) is 8.07. The summed E-state index contributed by atoms with van der Waals surface area (Å²) in [5.41, 5.74) is 21.4. The molecule has 1 spiro atoms. The van der Waals surface area contributed by atoms with Crippen LogP contribution in [0.2, 0.25) is 0 Å². The molecule has 6 aliphatic rings. The number of aromatic amines is 2. The molecule has 3 fully saturated rings. The first-order valence-electron chi connectivity index (χ1n) is 43.5. The van der Waals surface area contributed by atoms with E-state index >= 15 is 4.79 Å². The second-order valence-corrected chi connectivity index (χ2v) is 36.3. The van der Waals surface area contributed by atoms with Gasteiger partial charge in [-0.3, -0.25) is 68.4 Å². The molecular formula is C90H115N17O26S2. The highest BCUT2D eigenvalue weighted by Crippen LogP contribution is 2.71. The molecule has 7 heterocycles. The SMILES string of the molecule is CC[C@]1(O)C[C@H]2CN(CCc3c([nH]c4ccccc34)[C@@](COC=O)(c3cc4c(cc3OC)C(C)[C@H]3[C@](O)(C(=O)NNC(=O)OCCSSCCCC(=O)[C@H](C)NC(=O)[C@H](C)CC(=O)[C@@H](CCCN=C(N)N)NC(=O)[C@H](C)CC(=O)CCCNC(=O)c5ccc(NCc6cnc7nc(N)[nH]c(=O)c7n6)cc5)[C@H](O)[C@]5(CC)C=CCN6CC[C@]43C65)C2)C1.O=C=O.O=C=O.O=C=O.O=C=O.O=C=O.[2HH]. The number of aliphatic imine (C=N–C) groups is 1. The topological polar surface area (TPSA) is 669 Å². The summed E-state index contributed by atoms with van der Waals surface area (Å²) < 4.78 is 18.1. The number of hydrogen-bond acceptors (Lipinski definition) is 36. The molecule has 0 radical (unpaired) electrons. The number of amides is 5. The van der Waals surface area contributed by atoms with E-state index in [2.05, 4.69) is 90.0 Å². The molecule has 6 aromatic rings. The molecule has 2 bridgehead atoms. The number of hydrogen-bond donors (Lipinski definition) is 14. The van der Waals surface area contributed by atoms with Gasteiger partial charge in [0.25, 0.3) is 23.8 Å². The molecule has 45 heteroatoms. The third-order valence-corrected chi connectivity index (χ3v) is 27.9. The number of hydrazine groups is 1. The number of aromatic nitrogens is 5. The Morgan fingerprint density at radius 3 is 2.14 bits per heavy atom. The van der Waals surface area contributed by atoms with E-state index in [1.165, 1.54) is 27.8 Å². The Morgan fingerprint density at radius 1 is 0.800 bits per heavy atom. The number of aliphatic hydroxyl groups is 3. The van der Waals surface area contributed by atoms with Gasteiger partial charge in [-0.1, -0.05) is 92.6 Å². The predicted octanol–water partition coefficient (Wildman–Crippen LogP) is 2.64. The van der Waals surface area contributed by atoms with Crippen molar-refractivity contribution >= 4 is 146 Å². The fraction of sp³-hybridized carbons (Fsp3) is 0.522. The number of H-pyrrole nitrogens is 2. The highest BCUT2D eigenvalue weighted by molar-refractivity contribution is 8.76. The molecule has 4 aliphatic heterocycles. The lowest BCUT2D eigenvalue weighted by Crippen LogP contribution is -2.78. The lowest BCUT2D eigenvalue weighted by atomic mass is 9.45. The number of methoxy groups -OCH3 is 1. The average Bonchev–Trinajstić information content (AvgIpc) is 1.47. The lowest BCUT2D eigenvalue weighted by Gasteiger charge is -2.63. The van der Waals surface area contributed by atoms with Crippen LogP contribution in [0.15, 0.2) is 88.8 Å². The van der Waals surface area contributed by atoms with Crippen LogP contribution in [0.25, 0.3) is 22.1 Å². The number of nitrogens with one attached hydrogen (secondary N) is 8. The van der Waals surface area contributed by atoms with Gasteiger partial charge in [0.05, 0.1) is 48.6 Å². The van der Waals surface area contributed by atoms with Crippen molar-refractivity contribution in [2.75, 3.05) is 88.7 Å². The molecule has 15 atom stereocenters. The molecule has 728 valence electrons. The fourth-order valence-electron chi connectivity index (χ4n) is 19.8. The van der Waals surface area contributed by atoms with Crippen LogP contribution >= 0.6 is 21.6 Å². The minimum absolute atomic E-state index is 0. The molecule has 17 N–H and O–H groups in total. The zero-order valence-corrected chi connectivity index (χ0v) is 77.3. The van der Waals surface area contributed by atoms with E-state index in [1.54, 1.807) is 52.1 Å². The van der Waals surface area contributed by atoms with Crippen molar-refractivity contribution in [1.82, 2.24) is 61.5 Å². The summed E-state index contributed by atoms with van der Waals surface area (Å²) in [6.45, 7) is 14.7. The van der Waals surface area contributed by atoms with Crippen LogP contribution in [-0.2, 0) is 115 Å². The van der Waals surface area contributed by atoms with E-state index in [4.69, 9.17) is 79.4 Å². The number of aliphatic hydroxyl groups excluding tert-OH is 1. The predicted molar refractivity (Wildman–Crippen MR) is 482 cm³/mol. The Hall–Kier alpha value is -13.1. The monoisotopic (exact) mass is 1910 g/mol. The van der Waals surface area contributed by atoms with Crippen LogP contribution in [-0.4, -0.2) is 253 Å². The maximum Gasteiger partial charge on any atom is 0.426 e. The van der Waals surface area contributed by atoms with Crippen LogP contribution in [0.1, 0.15) is 176 Å². The minimum Gasteiger partial charge on any atom is -0.496 e. The fourth-order valence-corrected chi connectivity index (χ4v) is 21.7. The summed E-state index contributed by atoms with van der Waals surface area (Å²) in [5, 5.41) is 51.4. The summed E-state index contributed by atoms with van der Waals surface area (Å²) in [5.74, 6) is -5.49. The van der Waals surface area contributed by atoms with Gasteiger partial charge in [-0.15, -0.1) is 0 Å². The molecule has 135 heavy (non-hydrogen) atoms. The number of fused-ring (bicyclic) bond motifs is 7. The second-order valence-electron chi connectivity index (χ2n) is 33.6. The Labute approximate surface area is 784 Å². The van der Waals surface area contributed by atoms with Crippen LogP contribution in [0.5, 0.6) is 5.75 Å². The quantitative estimate of drug-likeness (QED) is 0.00504. The van der Waals surface area contributed by atoms with Crippen LogP contribution < -0.4 is 59.6 Å². The number of rotatable bonds is 38. The molecule has 12 rings (SSSR count). The number of ether oxygens (including phenoxy) is 3. The third kappa shape index (κ3) is 26.5. The van der Waals surface area contributed by atoms with E-state index in [1.807, 2.05) is 51.1 Å². The number of para-hydroxylation sites is 1. The molecule has 1 saturated carbocycles. The normalized spacial score (nSPS) is 22.9. The summed E-state index contributed by atoms with van der Waals surface area (Å²) in [4.78, 5) is 243. The van der Waals surface area contributed by atoms with Crippen molar-refractivity contribution in [2.45, 2.75) is 190 Å². The van der Waals surface area contributed by atoms with Gasteiger partial charge in [0.1, 0.15) is 30.9 Å². The van der Waals surface area contributed by atoms with Crippen molar-refractivity contribution < 1.29 is 122 Å². The number of nitrogen functional groups attached to an aromatic ring is 1. The van der Waals surface area contributed by atoms with Crippen molar-refractivity contribution in [1.29, 1.82) is 0 Å². The Kier molecular flexibility index (Phi) is 41.4. The molecule has 3 aromatic carbocycles. The van der Waals surface area contributed by atoms with Crippen LogP contribution in [0.3, 0.4) is 0 Å². The number of carbonyl (C=O) groups excluding carboxylic acids is 19. The zero-order valence-electron chi connectivity index (χ0n) is 75.6. The van der Waals surface area contributed by atoms with Gasteiger partial charge in [0, 0.05) is 146 Å². The number of benzene rings is 3. The van der Waals surface area contributed by atoms with Crippen molar-refractivity contribution in [3.05, 3.63) is 129 Å². The van der Waals surface area contributed by atoms with Gasteiger partial charge in [-0.2, -0.15) is 52.9 Å². The number of nitrogens with two attached hydrogens (primary N) is 3. The first-order chi connectivity index (χ1) is 64.5. The summed E-state index contributed by atoms with van der Waals surface area (Å²) in [7, 11) is 4.45. The minimum atomic E-state index is -2.51. The van der Waals surface area contributed by atoms with Gasteiger partial charge in [0.15, 0.2) is 34.3 Å². The second kappa shape index (κ2) is 51.4. The van der Waals surface area contributed by atoms with Crippen molar-refractivity contribution in [2.24, 2.45) is 45.5 Å². The standard InChI is InChI=1S/C85H113N17O16S2.5CO2.H2/c1-8-81(114)40-52-41-83(46-117-47-103,69-58(25-31-101(44-52)45-81)57-17-10-11-18-62(57)95-69)61-39-60-59(38-66(61)116-7)50(5)68-84(60)27-32-102-30-15-26-82(9-2,75(84)102)76(111)85(68,115)77(112)99-100-80(113)118-33-35-120-119-34-14-20-64(105)51(6)93-71(107)49(4)37-65(106)63(19-13-29-90-78(86)87)96-72(108)48(3)36-56(104)16-12-28-89-73(109)53-21-23-54(24-22-53)91-42-55-43-92-70-67(94-55)74(110)98-79(88)97-70;5*2-1-3;/h10-11,15,17-18,21-24,26,38-39,43,47-52,63,68,75-76,91,95,111,114-115H,8-9,12-14,16,19-20,25,27-37,40-42,44-46H2,1-7H3,(H,89,109)(H,93,107)(H,96,108)(H,99,112)(H,100,113)(H4,86,87,90)(H3,88,92,97,98,110);;;;;;1H/t48-,49-,50?,51+,52-,63-,68-,75?,76-,81+,82-,83+,84+,85-;;;;;;/m1....../s1/i;;;;;;1+1. The van der Waals surface area contributed by atoms with Crippen LogP contribution in [0.4, 0.5) is 16.4 Å². The molecule has 3 aromatic heterocycles. The summed E-state index contributed by atoms with van der Waals surface area (Å²) in [6, 6.07) is 16.7. The number of anilines is 2. The molecule has 3 unspecified atom stereocenters. The Balaban J connectivity index is 0.00000166. The number of piperidine rings is 1. The number of ketones is 3. The highest BCUT2D eigenvalue weighted by atomic mass is 33.1. The number of carbonyl (C=O) groups is 9. The van der Waals surface area contributed by atoms with Crippen molar-refractivity contribution in [3.8, 4) is 5.75 Å². The first kappa shape index (κ1) is 109. The number of guanidine groups is 1. The van der Waals surface area contributed by atoms with Gasteiger partial charge >= 0.3 is 36.9 Å². The van der Waals surface area contributed by atoms with E-state index in [-0.39, 0.29) is 150 Å². The highest BCUT2D eigenvalue weighted by Gasteiger charge is 2.78. The van der Waals surface area contributed by atoms with E-state index < -0.39 is 104 Å². The number of Topliss-reactive ketones (excluding diaryl/α,β-unsaturated/α-hetero) is 3. The van der Waals surface area contributed by atoms with Gasteiger partial charge in [-0.05, 0) is 143 Å². The average molecular weight is 1920 g/mol. The van der Waals surface area contributed by atoms with Gasteiger partial charge < -0.3 is 73.0 Å². The third-order valence-electron chi connectivity index (χ3n) is 25.5. The number of nitrogens with zero attached hydrogens (tertiary/aromatic N) is 6. The molecule has 43 nitrogen and oxygen atoms in total. The Bertz CT molecular complexity index is 5430. The zero-order chi connectivity index (χ0) is 99.5. The van der Waals surface area contributed by atoms with Crippen molar-refractivity contribution in [3.63, 3.8) is 0 Å². The Morgan fingerprint density at radius 2 is 1.47 bits per heavy atom. The first-order valence-corrected chi connectivity index (χ1v) is 46.0. The van der Waals surface area contributed by atoms with E-state index in [0.717, 1.165) is 38.9 Å². The molecular weight excluding hydrogens is 1800 g/mol. The largest absolute Gasteiger partial charge is 0.496 e. The van der Waals surface area contributed by atoms with Gasteiger partial charge in [-0.25, -0.2) is 20.2 Å².